The SMILES string of the molecule is COc1cccc(Br)c1OCC(=O)c1ccccc1Br. The van der Waals surface area contributed by atoms with Crippen molar-refractivity contribution in [2.24, 2.45) is 0 Å². The summed E-state index contributed by atoms with van der Waals surface area (Å²) in [7, 11) is 1.56. The van der Waals surface area contributed by atoms with Crippen LogP contribution in [0.1, 0.15) is 10.4 Å². The molecule has 0 aliphatic carbocycles. The highest BCUT2D eigenvalue weighted by molar-refractivity contribution is 9.10. The summed E-state index contributed by atoms with van der Waals surface area (Å²) in [6.45, 7) is -0.0540. The van der Waals surface area contributed by atoms with E-state index in [1.54, 1.807) is 19.2 Å². The van der Waals surface area contributed by atoms with Crippen LogP contribution in [0, 0.1) is 0 Å². The number of hydrogen-bond donors (Lipinski definition) is 0. The first kappa shape index (κ1) is 15.1. The van der Waals surface area contributed by atoms with Gasteiger partial charge in [-0.15, -0.1) is 0 Å². The second-order valence-corrected chi connectivity index (χ2v) is 5.67. The average Bonchev–Trinajstić information content (AvgIpc) is 2.46. The van der Waals surface area contributed by atoms with Crippen molar-refractivity contribution in [3.05, 3.63) is 57.0 Å². The molecular weight excluding hydrogens is 388 g/mol. The molecule has 0 aliphatic rings. The van der Waals surface area contributed by atoms with Crippen molar-refractivity contribution in [2.75, 3.05) is 13.7 Å². The van der Waals surface area contributed by atoms with E-state index in [9.17, 15) is 4.79 Å². The van der Waals surface area contributed by atoms with Crippen LogP contribution in [0.15, 0.2) is 51.4 Å². The molecule has 0 spiro atoms. The minimum absolute atomic E-state index is 0.0540. The van der Waals surface area contributed by atoms with Crippen LogP contribution in [-0.2, 0) is 0 Å². The summed E-state index contributed by atoms with van der Waals surface area (Å²) >= 11 is 6.74. The third-order valence-electron chi connectivity index (χ3n) is 2.67. The molecule has 3 nitrogen and oxygen atoms in total. The number of Topliss-reactive ketones (excluding diaryl/α,β-unsaturated/α-hetero) is 1. The number of rotatable bonds is 5. The molecule has 0 N–H and O–H groups in total. The predicted octanol–water partition coefficient (Wildman–Crippen LogP) is 4.48. The molecule has 104 valence electrons. The number of ether oxygens (including phenoxy) is 2. The predicted molar refractivity (Wildman–Crippen MR) is 84.7 cm³/mol. The van der Waals surface area contributed by atoms with E-state index in [0.717, 1.165) is 8.95 Å². The van der Waals surface area contributed by atoms with E-state index >= 15 is 0 Å². The normalized spacial score (nSPS) is 10.2. The first-order valence-corrected chi connectivity index (χ1v) is 7.45. The first-order chi connectivity index (χ1) is 9.63. The minimum atomic E-state index is -0.102. The van der Waals surface area contributed by atoms with Gasteiger partial charge < -0.3 is 9.47 Å². The lowest BCUT2D eigenvalue weighted by molar-refractivity contribution is 0.0918. The van der Waals surface area contributed by atoms with Gasteiger partial charge in [-0.25, -0.2) is 0 Å². The number of ketones is 1. The van der Waals surface area contributed by atoms with Crippen molar-refractivity contribution in [1.82, 2.24) is 0 Å². The maximum atomic E-state index is 12.1. The summed E-state index contributed by atoms with van der Waals surface area (Å²) in [6.07, 6.45) is 0. The fourth-order valence-electron chi connectivity index (χ4n) is 1.69. The quantitative estimate of drug-likeness (QED) is 0.695. The second kappa shape index (κ2) is 6.90. The lowest BCUT2D eigenvalue weighted by atomic mass is 10.1. The molecule has 0 aromatic heterocycles. The van der Waals surface area contributed by atoms with Gasteiger partial charge in [0.15, 0.2) is 18.1 Å². The van der Waals surface area contributed by atoms with Crippen molar-refractivity contribution < 1.29 is 14.3 Å². The molecule has 0 saturated heterocycles. The Kier molecular flexibility index (Phi) is 5.20. The van der Waals surface area contributed by atoms with Crippen LogP contribution in [-0.4, -0.2) is 19.5 Å². The molecule has 0 saturated carbocycles. The molecule has 0 radical (unpaired) electrons. The van der Waals surface area contributed by atoms with Gasteiger partial charge in [-0.2, -0.15) is 0 Å². The number of benzene rings is 2. The minimum Gasteiger partial charge on any atom is -0.493 e. The number of halogens is 2. The van der Waals surface area contributed by atoms with Crippen molar-refractivity contribution in [1.29, 1.82) is 0 Å². The van der Waals surface area contributed by atoms with Crippen LogP contribution in [0.4, 0.5) is 0 Å². The highest BCUT2D eigenvalue weighted by Crippen LogP contribution is 2.34. The second-order valence-electron chi connectivity index (χ2n) is 3.96. The molecular formula is C15H12Br2O3. The Morgan fingerprint density at radius 3 is 2.45 bits per heavy atom. The number of carbonyl (C=O) groups excluding carboxylic acids is 1. The Morgan fingerprint density at radius 2 is 1.75 bits per heavy atom. The fourth-order valence-corrected chi connectivity index (χ4v) is 2.66. The van der Waals surface area contributed by atoms with Crippen molar-refractivity contribution >= 4 is 37.6 Å². The Morgan fingerprint density at radius 1 is 1.05 bits per heavy atom. The maximum absolute atomic E-state index is 12.1. The number of hydrogen-bond acceptors (Lipinski definition) is 3. The number of carbonyl (C=O) groups is 1. The van der Waals surface area contributed by atoms with Crippen LogP contribution in [0.25, 0.3) is 0 Å². The van der Waals surface area contributed by atoms with Gasteiger partial charge in [-0.3, -0.25) is 4.79 Å². The number of methoxy groups -OCH3 is 1. The largest absolute Gasteiger partial charge is 0.493 e. The number of para-hydroxylation sites is 1. The molecule has 2 aromatic carbocycles. The van der Waals surface area contributed by atoms with Crippen LogP contribution in [0.3, 0.4) is 0 Å². The van der Waals surface area contributed by atoms with Crippen molar-refractivity contribution in [3.63, 3.8) is 0 Å². The van der Waals surface area contributed by atoms with Gasteiger partial charge in [0.1, 0.15) is 0 Å². The van der Waals surface area contributed by atoms with Crippen molar-refractivity contribution in [3.8, 4) is 11.5 Å². The van der Waals surface area contributed by atoms with E-state index in [1.165, 1.54) is 0 Å². The van der Waals surface area contributed by atoms with Crippen LogP contribution in [0.2, 0.25) is 0 Å². The van der Waals surface area contributed by atoms with Crippen LogP contribution >= 0.6 is 31.9 Å². The zero-order valence-corrected chi connectivity index (χ0v) is 13.9. The Bertz CT molecular complexity index is 626. The molecule has 0 atom stereocenters. The van der Waals surface area contributed by atoms with E-state index in [1.807, 2.05) is 30.3 Å². The average molecular weight is 400 g/mol. The van der Waals surface area contributed by atoms with Crippen molar-refractivity contribution in [2.45, 2.75) is 0 Å². The Hall–Kier alpha value is -1.33. The van der Waals surface area contributed by atoms with Gasteiger partial charge >= 0.3 is 0 Å². The summed E-state index contributed by atoms with van der Waals surface area (Å²) in [4.78, 5) is 12.1. The molecule has 0 fully saturated rings. The van der Waals surface area contributed by atoms with Gasteiger partial charge in [0.05, 0.1) is 11.6 Å². The third-order valence-corrected chi connectivity index (χ3v) is 3.99. The molecule has 5 heteroatoms. The topological polar surface area (TPSA) is 35.5 Å². The fraction of sp³-hybridized carbons (Fsp3) is 0.133. The summed E-state index contributed by atoms with van der Waals surface area (Å²) in [6, 6.07) is 12.7. The van der Waals surface area contributed by atoms with Crippen LogP contribution in [0.5, 0.6) is 11.5 Å². The van der Waals surface area contributed by atoms with E-state index < -0.39 is 0 Å². The van der Waals surface area contributed by atoms with E-state index in [4.69, 9.17) is 9.47 Å². The van der Waals surface area contributed by atoms with Gasteiger partial charge in [0.25, 0.3) is 0 Å². The Labute approximate surface area is 134 Å². The maximum Gasteiger partial charge on any atom is 0.201 e. The first-order valence-electron chi connectivity index (χ1n) is 5.86. The summed E-state index contributed by atoms with van der Waals surface area (Å²) in [5.41, 5.74) is 0.596. The summed E-state index contributed by atoms with van der Waals surface area (Å²) in [5, 5.41) is 0. The molecule has 2 rings (SSSR count). The monoisotopic (exact) mass is 398 g/mol. The van der Waals surface area contributed by atoms with Crippen LogP contribution < -0.4 is 9.47 Å². The molecule has 0 heterocycles. The zero-order chi connectivity index (χ0) is 14.5. The van der Waals surface area contributed by atoms with E-state index in [2.05, 4.69) is 31.9 Å². The smallest absolute Gasteiger partial charge is 0.201 e. The van der Waals surface area contributed by atoms with Gasteiger partial charge in [-0.1, -0.05) is 40.2 Å². The van der Waals surface area contributed by atoms with Gasteiger partial charge in [0.2, 0.25) is 5.78 Å². The standard InChI is InChI=1S/C15H12Br2O3/c1-19-14-8-4-7-12(17)15(14)20-9-13(18)10-5-2-3-6-11(10)16/h2-8H,9H2,1H3. The highest BCUT2D eigenvalue weighted by Gasteiger charge is 2.13. The molecule has 0 bridgehead atoms. The van der Waals surface area contributed by atoms with E-state index in [0.29, 0.717) is 17.1 Å². The lowest BCUT2D eigenvalue weighted by Gasteiger charge is -2.12. The molecule has 20 heavy (non-hydrogen) atoms. The van der Waals surface area contributed by atoms with Gasteiger partial charge in [-0.05, 0) is 34.1 Å². The van der Waals surface area contributed by atoms with E-state index in [-0.39, 0.29) is 12.4 Å². The summed E-state index contributed by atoms with van der Waals surface area (Å²) < 4.78 is 12.3. The Balaban J connectivity index is 2.14. The lowest BCUT2D eigenvalue weighted by Crippen LogP contribution is -2.12. The summed E-state index contributed by atoms with van der Waals surface area (Å²) in [5.74, 6) is 1.00. The molecule has 0 aliphatic heterocycles. The highest BCUT2D eigenvalue weighted by atomic mass is 79.9. The van der Waals surface area contributed by atoms with Gasteiger partial charge in [0, 0.05) is 10.0 Å². The zero-order valence-electron chi connectivity index (χ0n) is 10.7. The third kappa shape index (κ3) is 3.41. The molecule has 0 unspecified atom stereocenters. The molecule has 2 aromatic rings. The molecule has 0 amide bonds.